The minimum Gasteiger partial charge on any atom is -0.314 e. The second-order valence-electron chi connectivity index (χ2n) is 5.79. The van der Waals surface area contributed by atoms with Crippen LogP contribution in [0.25, 0.3) is 0 Å². The molecule has 1 aromatic heterocycles. The van der Waals surface area contributed by atoms with Crippen LogP contribution in [-0.4, -0.2) is 12.6 Å². The summed E-state index contributed by atoms with van der Waals surface area (Å²) in [5, 5.41) is 5.93. The van der Waals surface area contributed by atoms with Crippen molar-refractivity contribution < 1.29 is 0 Å². The molecule has 1 atom stereocenters. The zero-order valence-corrected chi connectivity index (χ0v) is 14.5. The predicted octanol–water partition coefficient (Wildman–Crippen LogP) is 5.25. The monoisotopic (exact) mass is 343 g/mol. The summed E-state index contributed by atoms with van der Waals surface area (Å²) in [5.41, 5.74) is 0. The largest absolute Gasteiger partial charge is 0.314 e. The van der Waals surface area contributed by atoms with Gasteiger partial charge in [-0.3, -0.25) is 0 Å². The van der Waals surface area contributed by atoms with Crippen molar-refractivity contribution in [2.24, 2.45) is 11.8 Å². The zero-order chi connectivity index (χ0) is 13.7. The maximum atomic E-state index is 3.73. The van der Waals surface area contributed by atoms with Crippen LogP contribution in [-0.2, 0) is 6.42 Å². The van der Waals surface area contributed by atoms with E-state index in [0.29, 0.717) is 6.04 Å². The molecule has 3 heteroatoms. The average Bonchev–Trinajstić information content (AvgIpc) is 2.84. The van der Waals surface area contributed by atoms with Crippen molar-refractivity contribution in [3.63, 3.8) is 0 Å². The van der Waals surface area contributed by atoms with Crippen LogP contribution < -0.4 is 5.32 Å². The fraction of sp³-hybridized carbons (Fsp3) is 0.750. The topological polar surface area (TPSA) is 12.0 Å². The summed E-state index contributed by atoms with van der Waals surface area (Å²) in [5.74, 6) is 1.87. The van der Waals surface area contributed by atoms with E-state index in [2.05, 4.69) is 46.5 Å². The lowest BCUT2D eigenvalue weighted by molar-refractivity contribution is 0.218. The van der Waals surface area contributed by atoms with Gasteiger partial charge in [-0.2, -0.15) is 0 Å². The van der Waals surface area contributed by atoms with Crippen LogP contribution >= 0.6 is 27.3 Å². The first-order chi connectivity index (χ1) is 9.22. The maximum Gasteiger partial charge on any atom is 0.0285 e. The highest BCUT2D eigenvalue weighted by atomic mass is 79.9. The summed E-state index contributed by atoms with van der Waals surface area (Å²) in [6.45, 7) is 5.66. The molecule has 0 amide bonds. The van der Waals surface area contributed by atoms with E-state index in [1.165, 1.54) is 47.9 Å². The Morgan fingerprint density at radius 2 is 2.05 bits per heavy atom. The molecule has 1 N–H and O–H groups in total. The molecule has 1 unspecified atom stereocenters. The molecule has 19 heavy (non-hydrogen) atoms. The fourth-order valence-corrected chi connectivity index (χ4v) is 4.86. The van der Waals surface area contributed by atoms with E-state index in [-0.39, 0.29) is 0 Å². The number of hydrogen-bond donors (Lipinski definition) is 1. The van der Waals surface area contributed by atoms with Crippen molar-refractivity contribution in [3.05, 3.63) is 20.8 Å². The van der Waals surface area contributed by atoms with Gasteiger partial charge in [0.1, 0.15) is 0 Å². The van der Waals surface area contributed by atoms with E-state index < -0.39 is 0 Å². The van der Waals surface area contributed by atoms with Crippen LogP contribution in [0.2, 0.25) is 0 Å². The molecule has 1 aromatic rings. The van der Waals surface area contributed by atoms with Gasteiger partial charge in [-0.15, -0.1) is 11.3 Å². The second kappa shape index (κ2) is 7.80. The quantitative estimate of drug-likeness (QED) is 0.743. The standard InChI is InChI=1S/C16H26BrNS/c1-3-12-5-7-13(8-6-12)16(18-4-2)10-15-9-14(17)11-19-15/h9,11-13,16,18H,3-8,10H2,1-2H3. The van der Waals surface area contributed by atoms with Crippen LogP contribution in [0, 0.1) is 11.8 Å². The summed E-state index contributed by atoms with van der Waals surface area (Å²) in [4.78, 5) is 1.51. The predicted molar refractivity (Wildman–Crippen MR) is 88.9 cm³/mol. The Bertz CT molecular complexity index is 369. The van der Waals surface area contributed by atoms with Crippen molar-refractivity contribution in [2.45, 2.75) is 58.4 Å². The Morgan fingerprint density at radius 3 is 2.58 bits per heavy atom. The second-order valence-corrected chi connectivity index (χ2v) is 7.70. The SMILES string of the molecule is CCNC(Cc1cc(Br)cs1)C1CCC(CC)CC1. The fourth-order valence-electron chi connectivity index (χ4n) is 3.34. The average molecular weight is 344 g/mol. The lowest BCUT2D eigenvalue weighted by Crippen LogP contribution is -2.39. The Morgan fingerprint density at radius 1 is 1.32 bits per heavy atom. The summed E-state index contributed by atoms with van der Waals surface area (Å²) in [7, 11) is 0. The summed E-state index contributed by atoms with van der Waals surface area (Å²) in [6.07, 6.45) is 8.29. The molecule has 0 aliphatic heterocycles. The summed E-state index contributed by atoms with van der Waals surface area (Å²) < 4.78 is 1.23. The molecule has 1 nitrogen and oxygen atoms in total. The Kier molecular flexibility index (Phi) is 6.37. The van der Waals surface area contributed by atoms with Gasteiger partial charge in [-0.05, 0) is 59.6 Å². The van der Waals surface area contributed by atoms with E-state index in [4.69, 9.17) is 0 Å². The summed E-state index contributed by atoms with van der Waals surface area (Å²) >= 11 is 5.45. The Labute approximate surface area is 130 Å². The third kappa shape index (κ3) is 4.57. The molecule has 1 aliphatic carbocycles. The van der Waals surface area contributed by atoms with Crippen LogP contribution in [0.3, 0.4) is 0 Å². The minimum absolute atomic E-state index is 0.674. The lowest BCUT2D eigenvalue weighted by atomic mass is 9.77. The van der Waals surface area contributed by atoms with Crippen LogP contribution in [0.1, 0.15) is 50.8 Å². The van der Waals surface area contributed by atoms with Crippen molar-refractivity contribution in [1.29, 1.82) is 0 Å². The molecule has 0 aromatic carbocycles. The van der Waals surface area contributed by atoms with Gasteiger partial charge in [-0.25, -0.2) is 0 Å². The number of hydrogen-bond acceptors (Lipinski definition) is 2. The molecule has 1 heterocycles. The normalized spacial score (nSPS) is 25.4. The van der Waals surface area contributed by atoms with E-state index in [9.17, 15) is 0 Å². The number of halogens is 1. The number of likely N-dealkylation sites (N-methyl/N-ethyl adjacent to an activating group) is 1. The molecule has 1 saturated carbocycles. The molecular formula is C16H26BrNS. The highest BCUT2D eigenvalue weighted by molar-refractivity contribution is 9.10. The van der Waals surface area contributed by atoms with Crippen molar-refractivity contribution in [3.8, 4) is 0 Å². The summed E-state index contributed by atoms with van der Waals surface area (Å²) in [6, 6.07) is 2.96. The van der Waals surface area contributed by atoms with E-state index in [0.717, 1.165) is 18.4 Å². The lowest BCUT2D eigenvalue weighted by Gasteiger charge is -2.34. The van der Waals surface area contributed by atoms with Crippen LogP contribution in [0.15, 0.2) is 15.9 Å². The van der Waals surface area contributed by atoms with Gasteiger partial charge in [0.15, 0.2) is 0 Å². The maximum absolute atomic E-state index is 3.73. The highest BCUT2D eigenvalue weighted by Gasteiger charge is 2.26. The van der Waals surface area contributed by atoms with Crippen LogP contribution in [0.5, 0.6) is 0 Å². The highest BCUT2D eigenvalue weighted by Crippen LogP contribution is 2.34. The molecule has 1 fully saturated rings. The first kappa shape index (κ1) is 15.5. The molecular weight excluding hydrogens is 318 g/mol. The van der Waals surface area contributed by atoms with Gasteiger partial charge in [0.25, 0.3) is 0 Å². The van der Waals surface area contributed by atoms with Crippen molar-refractivity contribution in [1.82, 2.24) is 5.32 Å². The van der Waals surface area contributed by atoms with Crippen LogP contribution in [0.4, 0.5) is 0 Å². The van der Waals surface area contributed by atoms with E-state index in [1.807, 2.05) is 11.3 Å². The Hall–Kier alpha value is 0.140. The first-order valence-corrected chi connectivity index (χ1v) is 9.36. The number of nitrogens with one attached hydrogen (secondary N) is 1. The van der Waals surface area contributed by atoms with Gasteiger partial charge in [0.05, 0.1) is 0 Å². The van der Waals surface area contributed by atoms with Gasteiger partial charge in [0, 0.05) is 20.8 Å². The van der Waals surface area contributed by atoms with Gasteiger partial charge >= 0.3 is 0 Å². The molecule has 0 saturated heterocycles. The number of rotatable bonds is 6. The van der Waals surface area contributed by atoms with Crippen molar-refractivity contribution >= 4 is 27.3 Å². The molecule has 0 radical (unpaired) electrons. The third-order valence-electron chi connectivity index (χ3n) is 4.55. The van der Waals surface area contributed by atoms with Gasteiger partial charge < -0.3 is 5.32 Å². The van der Waals surface area contributed by atoms with E-state index >= 15 is 0 Å². The van der Waals surface area contributed by atoms with Crippen molar-refractivity contribution in [2.75, 3.05) is 6.54 Å². The smallest absolute Gasteiger partial charge is 0.0285 e. The first-order valence-electron chi connectivity index (χ1n) is 7.69. The minimum atomic E-state index is 0.674. The molecule has 1 aliphatic rings. The zero-order valence-electron chi connectivity index (χ0n) is 12.1. The third-order valence-corrected chi connectivity index (χ3v) is 6.27. The molecule has 0 bridgehead atoms. The van der Waals surface area contributed by atoms with Gasteiger partial charge in [0.2, 0.25) is 0 Å². The number of thiophene rings is 1. The van der Waals surface area contributed by atoms with E-state index in [1.54, 1.807) is 0 Å². The molecule has 2 rings (SSSR count). The van der Waals surface area contributed by atoms with Gasteiger partial charge in [-0.1, -0.05) is 33.1 Å². The molecule has 108 valence electrons. The molecule has 0 spiro atoms. The Balaban J connectivity index is 1.92.